The van der Waals surface area contributed by atoms with Crippen molar-refractivity contribution in [3.8, 4) is 0 Å². The van der Waals surface area contributed by atoms with Gasteiger partial charge in [-0.25, -0.2) is 13.4 Å². The highest BCUT2D eigenvalue weighted by molar-refractivity contribution is 7.89. The molecule has 0 spiro atoms. The highest BCUT2D eigenvalue weighted by Gasteiger charge is 2.33. The van der Waals surface area contributed by atoms with Gasteiger partial charge in [-0.3, -0.25) is 0 Å². The Labute approximate surface area is 133 Å². The zero-order chi connectivity index (χ0) is 14.8. The zero-order valence-corrected chi connectivity index (χ0v) is 14.5. The third-order valence-electron chi connectivity index (χ3n) is 3.53. The summed E-state index contributed by atoms with van der Waals surface area (Å²) in [5, 5.41) is 3.28. The number of aromatic nitrogens is 2. The predicted octanol–water partition coefficient (Wildman–Crippen LogP) is 1.19. The average molecular weight is 337 g/mol. The Morgan fingerprint density at radius 1 is 1.48 bits per heavy atom. The molecule has 1 fully saturated rings. The largest absolute Gasteiger partial charge is 0.336 e. The fraction of sp³-hybridized carbons (Fsp3) is 0.769. The van der Waals surface area contributed by atoms with E-state index in [0.29, 0.717) is 24.9 Å². The summed E-state index contributed by atoms with van der Waals surface area (Å²) < 4.78 is 28.4. The summed E-state index contributed by atoms with van der Waals surface area (Å²) in [5.74, 6) is 0.860. The van der Waals surface area contributed by atoms with Crippen molar-refractivity contribution in [3.63, 3.8) is 0 Å². The molecule has 0 aromatic carbocycles. The molecule has 1 aromatic heterocycles. The van der Waals surface area contributed by atoms with Crippen LogP contribution in [0.1, 0.15) is 20.3 Å². The minimum absolute atomic E-state index is 0. The third kappa shape index (κ3) is 4.42. The van der Waals surface area contributed by atoms with Gasteiger partial charge in [-0.1, -0.05) is 13.8 Å². The monoisotopic (exact) mass is 336 g/mol. The van der Waals surface area contributed by atoms with Crippen molar-refractivity contribution in [1.29, 1.82) is 0 Å². The fourth-order valence-electron chi connectivity index (χ4n) is 2.60. The van der Waals surface area contributed by atoms with E-state index in [2.05, 4.69) is 24.1 Å². The molecule has 6 nitrogen and oxygen atoms in total. The molecule has 0 amide bonds. The van der Waals surface area contributed by atoms with Crippen LogP contribution in [-0.2, 0) is 16.6 Å². The minimum Gasteiger partial charge on any atom is -0.336 e. The molecule has 2 rings (SSSR count). The molecular weight excluding hydrogens is 312 g/mol. The van der Waals surface area contributed by atoms with E-state index in [4.69, 9.17) is 0 Å². The molecule has 2 heterocycles. The number of hydrogen-bond acceptors (Lipinski definition) is 4. The first-order valence-corrected chi connectivity index (χ1v) is 8.54. The predicted molar refractivity (Wildman–Crippen MR) is 85.1 cm³/mol. The van der Waals surface area contributed by atoms with Crippen molar-refractivity contribution in [2.24, 2.45) is 11.8 Å². The summed E-state index contributed by atoms with van der Waals surface area (Å²) in [6.07, 6.45) is 4.15. The Balaban J connectivity index is 0.00000220. The van der Waals surface area contributed by atoms with Crippen LogP contribution in [0.15, 0.2) is 17.6 Å². The van der Waals surface area contributed by atoms with Crippen molar-refractivity contribution >= 4 is 22.4 Å². The second kappa shape index (κ2) is 7.58. The summed E-state index contributed by atoms with van der Waals surface area (Å²) in [4.78, 5) is 4.07. The number of halogens is 1. The molecule has 0 aliphatic carbocycles. The molecule has 0 saturated carbocycles. The highest BCUT2D eigenvalue weighted by Crippen LogP contribution is 2.23. The van der Waals surface area contributed by atoms with Crippen molar-refractivity contribution in [2.45, 2.75) is 31.8 Å². The summed E-state index contributed by atoms with van der Waals surface area (Å²) in [7, 11) is -1.54. The summed E-state index contributed by atoms with van der Waals surface area (Å²) in [6.45, 7) is 7.00. The zero-order valence-electron chi connectivity index (χ0n) is 12.8. The lowest BCUT2D eigenvalue weighted by Crippen LogP contribution is -2.30. The molecule has 1 aliphatic rings. The molecule has 1 aromatic rings. The van der Waals surface area contributed by atoms with Crippen LogP contribution in [0, 0.1) is 11.8 Å². The summed E-state index contributed by atoms with van der Waals surface area (Å²) >= 11 is 0. The van der Waals surface area contributed by atoms with E-state index in [1.807, 2.05) is 11.6 Å². The number of imidazole rings is 1. The maximum atomic E-state index is 12.5. The lowest BCUT2D eigenvalue weighted by Gasteiger charge is -2.14. The van der Waals surface area contributed by atoms with Crippen LogP contribution in [0.2, 0.25) is 0 Å². The molecule has 1 N–H and O–H groups in total. The van der Waals surface area contributed by atoms with E-state index >= 15 is 0 Å². The van der Waals surface area contributed by atoms with Crippen molar-refractivity contribution in [2.75, 3.05) is 26.7 Å². The molecule has 21 heavy (non-hydrogen) atoms. The summed E-state index contributed by atoms with van der Waals surface area (Å²) in [6, 6.07) is 0. The molecule has 8 heteroatoms. The standard InChI is InChI=1S/C13H24N4O2S.ClH/c1-11(2)7-16-9-13(15-10-16)20(18,19)17-5-4-12(8-17)6-14-3;/h9-12,14H,4-8H2,1-3H3;1H. The Bertz CT molecular complexity index is 544. The number of nitrogens with one attached hydrogen (secondary N) is 1. The first kappa shape index (κ1) is 18.4. The topological polar surface area (TPSA) is 67.2 Å². The first-order chi connectivity index (χ1) is 9.43. The molecule has 122 valence electrons. The van der Waals surface area contributed by atoms with Crippen LogP contribution >= 0.6 is 12.4 Å². The van der Waals surface area contributed by atoms with Crippen LogP contribution in [0.5, 0.6) is 0 Å². The van der Waals surface area contributed by atoms with E-state index in [9.17, 15) is 8.42 Å². The van der Waals surface area contributed by atoms with Crippen LogP contribution in [0.25, 0.3) is 0 Å². The van der Waals surface area contributed by atoms with E-state index in [1.54, 1.807) is 16.8 Å². The molecule has 0 bridgehead atoms. The van der Waals surface area contributed by atoms with E-state index in [1.165, 1.54) is 0 Å². The quantitative estimate of drug-likeness (QED) is 0.847. The molecule has 1 unspecified atom stereocenters. The Kier molecular flexibility index (Phi) is 6.65. The Morgan fingerprint density at radius 2 is 2.19 bits per heavy atom. The van der Waals surface area contributed by atoms with Gasteiger partial charge in [-0.05, 0) is 31.8 Å². The van der Waals surface area contributed by atoms with Gasteiger partial charge < -0.3 is 9.88 Å². The highest BCUT2D eigenvalue weighted by atomic mass is 35.5. The van der Waals surface area contributed by atoms with Gasteiger partial charge in [0, 0.05) is 25.8 Å². The molecule has 0 radical (unpaired) electrons. The second-order valence-corrected chi connectivity index (χ2v) is 7.76. The van der Waals surface area contributed by atoms with Gasteiger partial charge in [-0.2, -0.15) is 4.31 Å². The Morgan fingerprint density at radius 3 is 2.81 bits per heavy atom. The Hall–Kier alpha value is -0.630. The van der Waals surface area contributed by atoms with Crippen molar-refractivity contribution in [3.05, 3.63) is 12.5 Å². The van der Waals surface area contributed by atoms with Crippen LogP contribution < -0.4 is 5.32 Å². The lowest BCUT2D eigenvalue weighted by atomic mass is 10.1. The molecular formula is C13H25ClN4O2S. The van der Waals surface area contributed by atoms with Gasteiger partial charge in [0.05, 0.1) is 6.33 Å². The second-order valence-electron chi connectivity index (χ2n) is 5.88. The normalized spacial score (nSPS) is 19.9. The van der Waals surface area contributed by atoms with Crippen LogP contribution in [0.3, 0.4) is 0 Å². The molecule has 1 saturated heterocycles. The molecule has 1 atom stereocenters. The number of nitrogens with zero attached hydrogens (tertiary/aromatic N) is 3. The van der Waals surface area contributed by atoms with Crippen molar-refractivity contribution < 1.29 is 8.42 Å². The van der Waals surface area contributed by atoms with Crippen LogP contribution in [-0.4, -0.2) is 49.0 Å². The molecule has 1 aliphatic heterocycles. The fourth-order valence-corrected chi connectivity index (χ4v) is 4.06. The summed E-state index contributed by atoms with van der Waals surface area (Å²) in [5.41, 5.74) is 0. The van der Waals surface area contributed by atoms with Gasteiger partial charge in [-0.15, -0.1) is 12.4 Å². The smallest absolute Gasteiger partial charge is 0.262 e. The van der Waals surface area contributed by atoms with Gasteiger partial charge >= 0.3 is 0 Å². The average Bonchev–Trinajstić information content (AvgIpc) is 2.98. The maximum Gasteiger partial charge on any atom is 0.262 e. The van der Waals surface area contributed by atoms with Gasteiger partial charge in [0.15, 0.2) is 5.03 Å². The van der Waals surface area contributed by atoms with Gasteiger partial charge in [0.25, 0.3) is 10.0 Å². The number of rotatable bonds is 6. The van der Waals surface area contributed by atoms with Gasteiger partial charge in [0.2, 0.25) is 0 Å². The number of hydrogen-bond donors (Lipinski definition) is 1. The maximum absolute atomic E-state index is 12.5. The van der Waals surface area contributed by atoms with Crippen LogP contribution in [0.4, 0.5) is 0 Å². The minimum atomic E-state index is -3.43. The van der Waals surface area contributed by atoms with E-state index in [-0.39, 0.29) is 17.4 Å². The van der Waals surface area contributed by atoms with E-state index in [0.717, 1.165) is 19.5 Å². The number of sulfonamides is 1. The SMILES string of the molecule is CNCC1CCN(S(=O)(=O)c2cn(CC(C)C)cn2)C1.Cl. The third-order valence-corrected chi connectivity index (χ3v) is 5.28. The van der Waals surface area contributed by atoms with Crippen molar-refractivity contribution in [1.82, 2.24) is 19.2 Å². The first-order valence-electron chi connectivity index (χ1n) is 7.10. The van der Waals surface area contributed by atoms with E-state index < -0.39 is 10.0 Å². The lowest BCUT2D eigenvalue weighted by molar-refractivity contribution is 0.449. The van der Waals surface area contributed by atoms with Gasteiger partial charge in [0.1, 0.15) is 0 Å².